The molecule has 3 aliphatic heterocycles. The highest BCUT2D eigenvalue weighted by molar-refractivity contribution is 5.89. The normalized spacial score (nSPS) is 40.3. The number of nitrogens with zero attached hydrogens (tertiary/aromatic N) is 1. The minimum Gasteiger partial charge on any atom is -0.456 e. The second-order valence-corrected chi connectivity index (χ2v) is 17.9. The van der Waals surface area contributed by atoms with Crippen molar-refractivity contribution in [2.45, 2.75) is 180 Å². The molecule has 2 bridgehead atoms. The van der Waals surface area contributed by atoms with Crippen LogP contribution in [0, 0.1) is 29.6 Å². The molecule has 59 heavy (non-hydrogen) atoms. The molecule has 0 aromatic rings. The van der Waals surface area contributed by atoms with E-state index in [2.05, 4.69) is 6.92 Å². The van der Waals surface area contributed by atoms with E-state index in [1.54, 1.807) is 35.2 Å². The Labute approximate surface area is 351 Å². The highest BCUT2D eigenvalue weighted by Crippen LogP contribution is 2.41. The van der Waals surface area contributed by atoms with E-state index in [0.717, 1.165) is 12.5 Å². The molecule has 0 radical (unpaired) electrons. The molecule has 1 amide bonds. The third-order valence-electron chi connectivity index (χ3n) is 13.3. The highest BCUT2D eigenvalue weighted by Gasteiger charge is 2.58. The van der Waals surface area contributed by atoms with Crippen LogP contribution in [0.3, 0.4) is 0 Å². The van der Waals surface area contributed by atoms with Crippen molar-refractivity contribution in [3.05, 3.63) is 23.3 Å². The van der Waals surface area contributed by atoms with Gasteiger partial charge in [0.1, 0.15) is 24.0 Å². The minimum atomic E-state index is -2.31. The highest BCUT2D eigenvalue weighted by atomic mass is 16.7. The first kappa shape index (κ1) is 48.9. The van der Waals surface area contributed by atoms with Crippen LogP contribution in [0.1, 0.15) is 119 Å². The molecule has 0 aromatic heterocycles. The van der Waals surface area contributed by atoms with Gasteiger partial charge in [-0.05, 0) is 95.5 Å². The van der Waals surface area contributed by atoms with Gasteiger partial charge in [0, 0.05) is 59.0 Å². The molecule has 14 heteroatoms. The van der Waals surface area contributed by atoms with Crippen molar-refractivity contribution in [3.8, 4) is 0 Å². The van der Waals surface area contributed by atoms with Gasteiger partial charge in [-0.25, -0.2) is 4.79 Å². The summed E-state index contributed by atoms with van der Waals surface area (Å²) < 4.78 is 36.0. The van der Waals surface area contributed by atoms with E-state index >= 15 is 0 Å². The Hall–Kier alpha value is -2.72. The molecule has 3 N–H and O–H groups in total. The summed E-state index contributed by atoms with van der Waals surface area (Å²) in [5.74, 6) is -6.65. The maximum Gasteiger partial charge on any atom is 0.329 e. The molecule has 4 aliphatic rings. The number of carbonyl (C=O) groups excluding carboxylic acids is 4. The van der Waals surface area contributed by atoms with Crippen molar-refractivity contribution in [1.29, 1.82) is 0 Å². The van der Waals surface area contributed by atoms with E-state index < -0.39 is 90.2 Å². The third-order valence-corrected chi connectivity index (χ3v) is 13.3. The average Bonchev–Trinajstić information content (AvgIpc) is 3.20. The van der Waals surface area contributed by atoms with E-state index in [1.807, 2.05) is 32.9 Å². The quantitative estimate of drug-likeness (QED) is 0.234. The lowest BCUT2D eigenvalue weighted by molar-refractivity contribution is -0.347. The number of esters is 2. The number of piperidine rings is 1. The predicted octanol–water partition coefficient (Wildman–Crippen LogP) is 4.84. The van der Waals surface area contributed by atoms with Crippen molar-refractivity contribution in [2.75, 3.05) is 27.9 Å². The summed E-state index contributed by atoms with van der Waals surface area (Å²) in [6.45, 7) is 12.5. The zero-order valence-electron chi connectivity index (χ0n) is 37.1. The number of ketones is 1. The molecular formula is C45H73NO13. The number of rotatable bonds is 7. The van der Waals surface area contributed by atoms with Gasteiger partial charge in [-0.3, -0.25) is 14.4 Å². The van der Waals surface area contributed by atoms with E-state index in [9.17, 15) is 34.5 Å². The van der Waals surface area contributed by atoms with Crippen LogP contribution in [0.4, 0.5) is 0 Å². The summed E-state index contributed by atoms with van der Waals surface area (Å²) in [6, 6.07) is -1.11. The Bertz CT molecular complexity index is 1500. The van der Waals surface area contributed by atoms with Gasteiger partial charge in [0.2, 0.25) is 11.9 Å². The minimum absolute atomic E-state index is 0.00662. The lowest BCUT2D eigenvalue weighted by Gasteiger charge is -2.50. The molecule has 0 aromatic carbocycles. The monoisotopic (exact) mass is 836 g/mol. The number of aliphatic hydroxyl groups excluding tert-OH is 2. The Kier molecular flexibility index (Phi) is 18.1. The van der Waals surface area contributed by atoms with E-state index in [4.69, 9.17) is 28.4 Å². The van der Waals surface area contributed by atoms with Crippen LogP contribution in [-0.4, -0.2) is 132 Å². The summed E-state index contributed by atoms with van der Waals surface area (Å²) in [7, 11) is 4.66. The molecule has 0 spiro atoms. The Morgan fingerprint density at radius 2 is 1.58 bits per heavy atom. The predicted molar refractivity (Wildman–Crippen MR) is 219 cm³/mol. The van der Waals surface area contributed by atoms with Gasteiger partial charge < -0.3 is 48.6 Å². The van der Waals surface area contributed by atoms with Gasteiger partial charge >= 0.3 is 11.9 Å². The fourth-order valence-corrected chi connectivity index (χ4v) is 9.82. The summed E-state index contributed by atoms with van der Waals surface area (Å²) in [6.07, 6.45) is 1.95. The standard InChI is InChI=1S/C45H73NO13/c1-11-32-19-25(2)18-26(3)20-38(55-9)41-39(56-10)22-28(5)45(53,59-41)42(57-30(7)47)43(51)46-17-13-12-14-33(46)44(52)58-40(29(6)35(49)24-36(32)50)27(4)21-31-15-16-34(48)37(23-31)54-8/h19,21,26,28-29,31-35,37-42,48-49,53H,11-18,20,22-24H2,1-10H3. The maximum absolute atomic E-state index is 14.8. The van der Waals surface area contributed by atoms with Crippen LogP contribution in [-0.2, 0) is 47.6 Å². The van der Waals surface area contributed by atoms with Gasteiger partial charge in [-0.15, -0.1) is 0 Å². The van der Waals surface area contributed by atoms with Gasteiger partial charge in [0.05, 0.1) is 30.5 Å². The van der Waals surface area contributed by atoms with Crippen molar-refractivity contribution in [3.63, 3.8) is 0 Å². The third kappa shape index (κ3) is 12.0. The first-order chi connectivity index (χ1) is 27.9. The van der Waals surface area contributed by atoms with Gasteiger partial charge in [0.15, 0.2) is 0 Å². The molecular weight excluding hydrogens is 762 g/mol. The number of cyclic esters (lactones) is 1. The van der Waals surface area contributed by atoms with Gasteiger partial charge in [-0.1, -0.05) is 45.4 Å². The number of fused-ring (bicyclic) bond motifs is 3. The molecule has 3 heterocycles. The number of hydrogen-bond donors (Lipinski definition) is 3. The number of methoxy groups -OCH3 is 3. The Morgan fingerprint density at radius 3 is 2.20 bits per heavy atom. The zero-order chi connectivity index (χ0) is 43.8. The van der Waals surface area contributed by atoms with Crippen molar-refractivity contribution < 1.29 is 62.9 Å². The number of amides is 1. The smallest absolute Gasteiger partial charge is 0.329 e. The first-order valence-electron chi connectivity index (χ1n) is 21.8. The summed E-state index contributed by atoms with van der Waals surface area (Å²) in [4.78, 5) is 57.2. The van der Waals surface area contributed by atoms with E-state index in [-0.39, 0.29) is 49.5 Å². The number of aliphatic hydroxyl groups is 3. The number of ether oxygens (including phenoxy) is 6. The van der Waals surface area contributed by atoms with Gasteiger partial charge in [0.25, 0.3) is 5.91 Å². The molecule has 1 saturated carbocycles. The zero-order valence-corrected chi connectivity index (χ0v) is 37.1. The molecule has 15 atom stereocenters. The van der Waals surface area contributed by atoms with E-state index in [1.165, 1.54) is 4.90 Å². The molecule has 4 rings (SSSR count). The molecule has 336 valence electrons. The van der Waals surface area contributed by atoms with Crippen LogP contribution in [0.2, 0.25) is 0 Å². The second-order valence-electron chi connectivity index (χ2n) is 17.9. The largest absolute Gasteiger partial charge is 0.456 e. The van der Waals surface area contributed by atoms with Crippen molar-refractivity contribution in [1.82, 2.24) is 4.90 Å². The Balaban J connectivity index is 1.82. The van der Waals surface area contributed by atoms with Crippen LogP contribution in [0.5, 0.6) is 0 Å². The van der Waals surface area contributed by atoms with Gasteiger partial charge in [-0.2, -0.15) is 0 Å². The van der Waals surface area contributed by atoms with E-state index in [0.29, 0.717) is 56.9 Å². The van der Waals surface area contributed by atoms with Crippen molar-refractivity contribution in [2.24, 2.45) is 29.6 Å². The van der Waals surface area contributed by atoms with Crippen molar-refractivity contribution >= 4 is 23.6 Å². The number of hydrogen-bond acceptors (Lipinski definition) is 13. The molecule has 15 unspecified atom stereocenters. The molecule has 14 nitrogen and oxygen atoms in total. The fourth-order valence-electron chi connectivity index (χ4n) is 9.82. The first-order valence-corrected chi connectivity index (χ1v) is 21.8. The Morgan fingerprint density at radius 1 is 0.915 bits per heavy atom. The van der Waals surface area contributed by atoms with Crippen LogP contribution in [0.25, 0.3) is 0 Å². The number of carbonyl (C=O) groups is 4. The maximum atomic E-state index is 14.8. The molecule has 1 aliphatic carbocycles. The van der Waals surface area contributed by atoms with Crippen LogP contribution >= 0.6 is 0 Å². The van der Waals surface area contributed by atoms with Crippen LogP contribution < -0.4 is 0 Å². The molecule has 2 saturated heterocycles. The second kappa shape index (κ2) is 21.9. The number of allylic oxidation sites excluding steroid dienone is 3. The average molecular weight is 836 g/mol. The lowest BCUT2D eigenvalue weighted by Crippen LogP contribution is -2.67. The fraction of sp³-hybridized carbons (Fsp3) is 0.822. The number of Topliss-reactive ketones (excluding diaryl/α,β-unsaturated/α-hetero) is 1. The summed E-state index contributed by atoms with van der Waals surface area (Å²) >= 11 is 0. The molecule has 3 fully saturated rings. The van der Waals surface area contributed by atoms with Crippen LogP contribution in [0.15, 0.2) is 23.3 Å². The topological polar surface area (TPSA) is 188 Å². The summed E-state index contributed by atoms with van der Waals surface area (Å²) in [5, 5.41) is 34.7. The summed E-state index contributed by atoms with van der Waals surface area (Å²) in [5.41, 5.74) is 1.66. The SMILES string of the molecule is CCC1C=C(C)CC(C)CC(OC)C2OC(O)(C(C)CC2OC)C(OC(C)=O)C(=O)N2CCCCC2C(=O)OC(C(C)=CC2CCC(O)C(OC)C2)C(C)C(O)CC1=O. The lowest BCUT2D eigenvalue weighted by atomic mass is 9.81.